The molecular formula is C11H15NO4. The normalized spacial score (nSPS) is 9.81. The van der Waals surface area contributed by atoms with Gasteiger partial charge in [0.1, 0.15) is 5.76 Å². The molecule has 0 saturated carbocycles. The summed E-state index contributed by atoms with van der Waals surface area (Å²) < 4.78 is 9.54. The van der Waals surface area contributed by atoms with E-state index in [1.54, 1.807) is 12.3 Å². The first kappa shape index (κ1) is 12.3. The molecule has 1 rings (SSSR count). The molecule has 0 aliphatic rings. The van der Waals surface area contributed by atoms with Crippen molar-refractivity contribution in [2.75, 3.05) is 13.7 Å². The molecule has 0 spiro atoms. The van der Waals surface area contributed by atoms with Crippen LogP contribution in [0.1, 0.15) is 18.6 Å². The fraction of sp³-hybridized carbons (Fsp3) is 0.455. The van der Waals surface area contributed by atoms with Crippen LogP contribution < -0.4 is 5.32 Å². The number of esters is 1. The number of amides is 1. The summed E-state index contributed by atoms with van der Waals surface area (Å²) >= 11 is 0. The topological polar surface area (TPSA) is 68.5 Å². The van der Waals surface area contributed by atoms with E-state index in [-0.39, 0.29) is 24.7 Å². The van der Waals surface area contributed by atoms with Crippen molar-refractivity contribution in [1.82, 2.24) is 5.32 Å². The largest absolute Gasteiger partial charge is 0.469 e. The van der Waals surface area contributed by atoms with Gasteiger partial charge in [-0.1, -0.05) is 0 Å². The van der Waals surface area contributed by atoms with Crippen LogP contribution in [0.2, 0.25) is 0 Å². The van der Waals surface area contributed by atoms with Crippen molar-refractivity contribution in [2.45, 2.75) is 19.3 Å². The van der Waals surface area contributed by atoms with Crippen LogP contribution in [-0.2, 0) is 20.7 Å². The highest BCUT2D eigenvalue weighted by Crippen LogP contribution is 1.99. The van der Waals surface area contributed by atoms with Crippen molar-refractivity contribution in [3.8, 4) is 0 Å². The number of carbonyl (C=O) groups excluding carboxylic acids is 2. The Labute approximate surface area is 93.8 Å². The summed E-state index contributed by atoms with van der Waals surface area (Å²) in [5.41, 5.74) is 0. The molecule has 16 heavy (non-hydrogen) atoms. The highest BCUT2D eigenvalue weighted by molar-refractivity contribution is 5.81. The third kappa shape index (κ3) is 4.63. The predicted molar refractivity (Wildman–Crippen MR) is 56.7 cm³/mol. The minimum atomic E-state index is -0.374. The van der Waals surface area contributed by atoms with E-state index < -0.39 is 0 Å². The highest BCUT2D eigenvalue weighted by atomic mass is 16.5. The molecule has 0 aliphatic heterocycles. The van der Waals surface area contributed by atoms with Gasteiger partial charge in [0, 0.05) is 19.4 Å². The van der Waals surface area contributed by atoms with Gasteiger partial charge in [0.05, 0.1) is 19.8 Å². The fourth-order valence-corrected chi connectivity index (χ4v) is 1.19. The van der Waals surface area contributed by atoms with Crippen molar-refractivity contribution in [3.05, 3.63) is 24.2 Å². The van der Waals surface area contributed by atoms with Crippen LogP contribution in [0, 0.1) is 0 Å². The molecule has 0 bridgehead atoms. The molecule has 1 N–H and O–H groups in total. The van der Waals surface area contributed by atoms with E-state index in [4.69, 9.17) is 4.42 Å². The van der Waals surface area contributed by atoms with Crippen LogP contribution in [0.3, 0.4) is 0 Å². The Morgan fingerprint density at radius 1 is 1.44 bits per heavy atom. The van der Waals surface area contributed by atoms with E-state index in [0.717, 1.165) is 5.76 Å². The number of hydrogen-bond acceptors (Lipinski definition) is 4. The smallest absolute Gasteiger partial charge is 0.306 e. The first-order chi connectivity index (χ1) is 7.72. The number of rotatable bonds is 6. The molecule has 1 heterocycles. The van der Waals surface area contributed by atoms with Crippen LogP contribution >= 0.6 is 0 Å². The molecule has 0 aliphatic carbocycles. The Hall–Kier alpha value is -1.78. The Morgan fingerprint density at radius 2 is 2.25 bits per heavy atom. The van der Waals surface area contributed by atoms with Gasteiger partial charge in [-0.15, -0.1) is 0 Å². The second-order valence-electron chi connectivity index (χ2n) is 3.26. The monoisotopic (exact) mass is 225 g/mol. The summed E-state index contributed by atoms with van der Waals surface area (Å²) in [5.74, 6) is 0.298. The molecule has 0 saturated heterocycles. The maximum Gasteiger partial charge on any atom is 0.306 e. The Kier molecular flexibility index (Phi) is 5.11. The fourth-order valence-electron chi connectivity index (χ4n) is 1.19. The highest BCUT2D eigenvalue weighted by Gasteiger charge is 2.06. The first-order valence-electron chi connectivity index (χ1n) is 5.08. The van der Waals surface area contributed by atoms with Gasteiger partial charge < -0.3 is 14.5 Å². The van der Waals surface area contributed by atoms with Crippen LogP contribution in [0.15, 0.2) is 22.8 Å². The molecule has 1 amide bonds. The summed E-state index contributed by atoms with van der Waals surface area (Å²) in [6, 6.07) is 3.65. The van der Waals surface area contributed by atoms with Crippen LogP contribution in [-0.4, -0.2) is 25.5 Å². The Morgan fingerprint density at radius 3 is 2.88 bits per heavy atom. The van der Waals surface area contributed by atoms with Gasteiger partial charge in [0.15, 0.2) is 0 Å². The Balaban J connectivity index is 2.09. The average Bonchev–Trinajstić information content (AvgIpc) is 2.79. The van der Waals surface area contributed by atoms with Crippen molar-refractivity contribution in [2.24, 2.45) is 0 Å². The SMILES string of the molecule is COC(=O)CCC(=O)NCCc1ccco1. The van der Waals surface area contributed by atoms with Gasteiger partial charge in [-0.3, -0.25) is 9.59 Å². The number of ether oxygens (including phenoxy) is 1. The minimum Gasteiger partial charge on any atom is -0.469 e. The number of methoxy groups -OCH3 is 1. The zero-order valence-corrected chi connectivity index (χ0v) is 9.19. The van der Waals surface area contributed by atoms with Gasteiger partial charge in [0.25, 0.3) is 0 Å². The van der Waals surface area contributed by atoms with E-state index in [0.29, 0.717) is 13.0 Å². The summed E-state index contributed by atoms with van der Waals surface area (Å²) in [5, 5.41) is 2.69. The predicted octanol–water partition coefficient (Wildman–Crippen LogP) is 0.891. The van der Waals surface area contributed by atoms with Crippen molar-refractivity contribution in [1.29, 1.82) is 0 Å². The third-order valence-corrected chi connectivity index (χ3v) is 2.06. The third-order valence-electron chi connectivity index (χ3n) is 2.06. The van der Waals surface area contributed by atoms with Crippen molar-refractivity contribution >= 4 is 11.9 Å². The quantitative estimate of drug-likeness (QED) is 0.730. The van der Waals surface area contributed by atoms with E-state index in [1.807, 2.05) is 6.07 Å². The second-order valence-corrected chi connectivity index (χ2v) is 3.26. The molecule has 0 unspecified atom stereocenters. The first-order valence-corrected chi connectivity index (χ1v) is 5.08. The molecule has 0 radical (unpaired) electrons. The van der Waals surface area contributed by atoms with E-state index in [2.05, 4.69) is 10.1 Å². The van der Waals surface area contributed by atoms with E-state index in [1.165, 1.54) is 7.11 Å². The maximum absolute atomic E-state index is 11.2. The molecule has 5 heteroatoms. The number of carbonyl (C=O) groups is 2. The van der Waals surface area contributed by atoms with E-state index >= 15 is 0 Å². The second kappa shape index (κ2) is 6.66. The average molecular weight is 225 g/mol. The molecule has 0 fully saturated rings. The van der Waals surface area contributed by atoms with E-state index in [9.17, 15) is 9.59 Å². The Bertz CT molecular complexity index is 332. The summed E-state index contributed by atoms with van der Waals surface area (Å²) in [7, 11) is 1.30. The summed E-state index contributed by atoms with van der Waals surface area (Å²) in [4.78, 5) is 22.0. The van der Waals surface area contributed by atoms with Gasteiger partial charge in [0.2, 0.25) is 5.91 Å². The zero-order chi connectivity index (χ0) is 11.8. The molecule has 0 atom stereocenters. The van der Waals surface area contributed by atoms with Crippen LogP contribution in [0.5, 0.6) is 0 Å². The number of furan rings is 1. The number of nitrogens with one attached hydrogen (secondary N) is 1. The maximum atomic E-state index is 11.2. The number of hydrogen-bond donors (Lipinski definition) is 1. The van der Waals surface area contributed by atoms with Gasteiger partial charge in [-0.25, -0.2) is 0 Å². The molecule has 0 aromatic carbocycles. The lowest BCUT2D eigenvalue weighted by molar-refractivity contribution is -0.142. The zero-order valence-electron chi connectivity index (χ0n) is 9.19. The molecule has 1 aromatic rings. The summed E-state index contributed by atoms with van der Waals surface area (Å²) in [6.07, 6.45) is 2.51. The lowest BCUT2D eigenvalue weighted by atomic mass is 10.3. The molecule has 5 nitrogen and oxygen atoms in total. The molecular weight excluding hydrogens is 210 g/mol. The van der Waals surface area contributed by atoms with Gasteiger partial charge in [-0.2, -0.15) is 0 Å². The van der Waals surface area contributed by atoms with Gasteiger partial charge >= 0.3 is 5.97 Å². The van der Waals surface area contributed by atoms with Crippen molar-refractivity contribution in [3.63, 3.8) is 0 Å². The van der Waals surface area contributed by atoms with Crippen LogP contribution in [0.4, 0.5) is 0 Å². The molecule has 1 aromatic heterocycles. The van der Waals surface area contributed by atoms with Crippen LogP contribution in [0.25, 0.3) is 0 Å². The van der Waals surface area contributed by atoms with Gasteiger partial charge in [-0.05, 0) is 12.1 Å². The standard InChI is InChI=1S/C11H15NO4/c1-15-11(14)5-4-10(13)12-7-6-9-3-2-8-16-9/h2-3,8H,4-7H2,1H3,(H,12,13). The lowest BCUT2D eigenvalue weighted by Gasteiger charge is -2.03. The molecule has 88 valence electrons. The lowest BCUT2D eigenvalue weighted by Crippen LogP contribution is -2.26. The summed E-state index contributed by atoms with van der Waals surface area (Å²) in [6.45, 7) is 0.507. The minimum absolute atomic E-state index is 0.114. The van der Waals surface area contributed by atoms with Crippen molar-refractivity contribution < 1.29 is 18.7 Å².